The zero-order chi connectivity index (χ0) is 8.27. The van der Waals surface area contributed by atoms with Gasteiger partial charge in [0.15, 0.2) is 12.0 Å². The van der Waals surface area contributed by atoms with Crippen LogP contribution in [0, 0.1) is 0 Å². The first kappa shape index (κ1) is 8.01. The Balaban J connectivity index is 2.65. The van der Waals surface area contributed by atoms with Gasteiger partial charge < -0.3 is 9.32 Å². The molecule has 0 saturated heterocycles. The zero-order valence-electron chi connectivity index (χ0n) is 6.70. The smallest absolute Gasteiger partial charge is 0.185 e. The molecule has 0 atom stereocenters. The fourth-order valence-corrected chi connectivity index (χ4v) is 0.854. The fraction of sp³-hybridized carbons (Fsp3) is 0.375. The number of carbonyl (C=O) groups is 1. The Morgan fingerprint density at radius 3 is 2.73 bits per heavy atom. The molecule has 0 N–H and O–H groups in total. The van der Waals surface area contributed by atoms with Crippen LogP contribution in [0.3, 0.4) is 0 Å². The normalized spacial score (nSPS) is 10.5. The summed E-state index contributed by atoms with van der Waals surface area (Å²) in [5.74, 6) is 1.21. The van der Waals surface area contributed by atoms with Crippen LogP contribution in [0.5, 0.6) is 0 Å². The molecule has 0 aliphatic heterocycles. The zero-order valence-corrected chi connectivity index (χ0v) is 6.70. The Kier molecular flexibility index (Phi) is 2.44. The van der Waals surface area contributed by atoms with Crippen molar-refractivity contribution >= 4 is 6.29 Å². The molecule has 3 heteroatoms. The number of aldehydes is 1. The van der Waals surface area contributed by atoms with Crippen LogP contribution in [0.1, 0.15) is 16.3 Å². The minimum Gasteiger partial charge on any atom is -0.457 e. The van der Waals surface area contributed by atoms with Crippen molar-refractivity contribution in [3.05, 3.63) is 23.7 Å². The van der Waals surface area contributed by atoms with Crippen LogP contribution in [-0.4, -0.2) is 25.3 Å². The van der Waals surface area contributed by atoms with Crippen LogP contribution >= 0.6 is 0 Å². The predicted octanol–water partition coefficient (Wildman–Crippen LogP) is 1.15. The van der Waals surface area contributed by atoms with E-state index in [-0.39, 0.29) is 0 Å². The number of hydrogen-bond acceptors (Lipinski definition) is 3. The maximum Gasteiger partial charge on any atom is 0.185 e. The van der Waals surface area contributed by atoms with E-state index in [4.69, 9.17) is 4.42 Å². The van der Waals surface area contributed by atoms with Gasteiger partial charge in [-0.3, -0.25) is 4.79 Å². The highest BCUT2D eigenvalue weighted by Gasteiger charge is 2.00. The molecule has 0 radical (unpaired) electrons. The van der Waals surface area contributed by atoms with E-state index in [9.17, 15) is 4.79 Å². The lowest BCUT2D eigenvalue weighted by Gasteiger charge is -2.04. The lowest BCUT2D eigenvalue weighted by molar-refractivity contribution is 0.109. The summed E-state index contributed by atoms with van der Waals surface area (Å²) >= 11 is 0. The van der Waals surface area contributed by atoms with E-state index in [0.29, 0.717) is 12.0 Å². The summed E-state index contributed by atoms with van der Waals surface area (Å²) in [6.07, 6.45) is 0.707. The molecule has 0 saturated carbocycles. The topological polar surface area (TPSA) is 33.5 Å². The van der Waals surface area contributed by atoms with Crippen molar-refractivity contribution in [2.75, 3.05) is 14.1 Å². The first-order valence-corrected chi connectivity index (χ1v) is 3.41. The second kappa shape index (κ2) is 3.34. The minimum atomic E-state index is 0.391. The van der Waals surface area contributed by atoms with Crippen molar-refractivity contribution in [1.82, 2.24) is 4.90 Å². The SMILES string of the molecule is CN(C)Cc1ccc(C=O)o1. The first-order valence-electron chi connectivity index (χ1n) is 3.41. The molecule has 11 heavy (non-hydrogen) atoms. The molecule has 0 amide bonds. The van der Waals surface area contributed by atoms with Crippen LogP contribution in [0.2, 0.25) is 0 Å². The van der Waals surface area contributed by atoms with E-state index in [2.05, 4.69) is 0 Å². The highest BCUT2D eigenvalue weighted by molar-refractivity contribution is 5.70. The highest BCUT2D eigenvalue weighted by atomic mass is 16.3. The molecule has 0 unspecified atom stereocenters. The predicted molar refractivity (Wildman–Crippen MR) is 41.5 cm³/mol. The number of hydrogen-bond donors (Lipinski definition) is 0. The van der Waals surface area contributed by atoms with Crippen LogP contribution in [0.15, 0.2) is 16.5 Å². The summed E-state index contributed by atoms with van der Waals surface area (Å²) in [7, 11) is 3.90. The fourth-order valence-electron chi connectivity index (χ4n) is 0.854. The van der Waals surface area contributed by atoms with Crippen LogP contribution < -0.4 is 0 Å². The van der Waals surface area contributed by atoms with E-state index >= 15 is 0 Å². The maximum absolute atomic E-state index is 10.2. The van der Waals surface area contributed by atoms with Crippen LogP contribution in [0.4, 0.5) is 0 Å². The summed E-state index contributed by atoms with van der Waals surface area (Å²) in [6, 6.07) is 3.48. The largest absolute Gasteiger partial charge is 0.457 e. The van der Waals surface area contributed by atoms with Crippen LogP contribution in [-0.2, 0) is 6.54 Å². The molecule has 0 fully saturated rings. The quantitative estimate of drug-likeness (QED) is 0.611. The summed E-state index contributed by atoms with van der Waals surface area (Å²) in [6.45, 7) is 0.730. The Morgan fingerprint density at radius 1 is 1.55 bits per heavy atom. The number of furan rings is 1. The molecule has 1 rings (SSSR count). The molecular formula is C8H11NO2. The molecule has 1 aromatic heterocycles. The van der Waals surface area contributed by atoms with Gasteiger partial charge in [0.05, 0.1) is 6.54 Å². The van der Waals surface area contributed by atoms with Gasteiger partial charge in [0.1, 0.15) is 5.76 Å². The van der Waals surface area contributed by atoms with E-state index in [1.54, 1.807) is 6.07 Å². The van der Waals surface area contributed by atoms with Gasteiger partial charge in [-0.2, -0.15) is 0 Å². The Labute approximate surface area is 65.6 Å². The van der Waals surface area contributed by atoms with Gasteiger partial charge in [-0.05, 0) is 26.2 Å². The van der Waals surface area contributed by atoms with E-state index in [0.717, 1.165) is 12.3 Å². The highest BCUT2D eigenvalue weighted by Crippen LogP contribution is 2.06. The lowest BCUT2D eigenvalue weighted by Crippen LogP contribution is -2.09. The summed E-state index contributed by atoms with van der Waals surface area (Å²) in [5, 5.41) is 0. The second-order valence-electron chi connectivity index (χ2n) is 2.66. The monoisotopic (exact) mass is 153 g/mol. The van der Waals surface area contributed by atoms with Crippen molar-refractivity contribution in [1.29, 1.82) is 0 Å². The van der Waals surface area contributed by atoms with Crippen molar-refractivity contribution in [2.24, 2.45) is 0 Å². The molecule has 0 aliphatic rings. The number of nitrogens with zero attached hydrogens (tertiary/aromatic N) is 1. The van der Waals surface area contributed by atoms with Crippen molar-refractivity contribution in [3.8, 4) is 0 Å². The van der Waals surface area contributed by atoms with Gasteiger partial charge in [-0.1, -0.05) is 0 Å². The average Bonchev–Trinajstić information content (AvgIpc) is 2.34. The molecule has 1 heterocycles. The van der Waals surface area contributed by atoms with Gasteiger partial charge >= 0.3 is 0 Å². The van der Waals surface area contributed by atoms with Gasteiger partial charge in [-0.15, -0.1) is 0 Å². The number of rotatable bonds is 3. The molecule has 0 spiro atoms. The third-order valence-corrected chi connectivity index (χ3v) is 1.27. The molecular weight excluding hydrogens is 142 g/mol. The average molecular weight is 153 g/mol. The summed E-state index contributed by atoms with van der Waals surface area (Å²) in [5.41, 5.74) is 0. The van der Waals surface area contributed by atoms with Crippen molar-refractivity contribution < 1.29 is 9.21 Å². The molecule has 0 bridgehead atoms. The molecule has 0 aromatic carbocycles. The van der Waals surface area contributed by atoms with Gasteiger partial charge in [-0.25, -0.2) is 0 Å². The van der Waals surface area contributed by atoms with Gasteiger partial charge in [0.2, 0.25) is 0 Å². The van der Waals surface area contributed by atoms with Crippen LogP contribution in [0.25, 0.3) is 0 Å². The van der Waals surface area contributed by atoms with E-state index in [1.165, 1.54) is 0 Å². The Hall–Kier alpha value is -1.09. The first-order chi connectivity index (χ1) is 5.22. The molecule has 1 aromatic rings. The molecule has 3 nitrogen and oxygen atoms in total. The third kappa shape index (κ3) is 2.20. The Morgan fingerprint density at radius 2 is 2.27 bits per heavy atom. The number of carbonyl (C=O) groups excluding carboxylic acids is 1. The standard InChI is InChI=1S/C8H11NO2/c1-9(2)5-7-3-4-8(6-10)11-7/h3-4,6H,5H2,1-2H3. The molecule has 0 aliphatic carbocycles. The maximum atomic E-state index is 10.2. The summed E-state index contributed by atoms with van der Waals surface area (Å²) < 4.78 is 5.13. The van der Waals surface area contributed by atoms with Gasteiger partial charge in [0, 0.05) is 0 Å². The third-order valence-electron chi connectivity index (χ3n) is 1.27. The van der Waals surface area contributed by atoms with Crippen molar-refractivity contribution in [3.63, 3.8) is 0 Å². The Bertz CT molecular complexity index is 240. The second-order valence-corrected chi connectivity index (χ2v) is 2.66. The van der Waals surface area contributed by atoms with E-state index in [1.807, 2.05) is 25.1 Å². The molecule has 60 valence electrons. The van der Waals surface area contributed by atoms with Crippen molar-refractivity contribution in [2.45, 2.75) is 6.54 Å². The summed E-state index contributed by atoms with van der Waals surface area (Å²) in [4.78, 5) is 12.2. The van der Waals surface area contributed by atoms with E-state index < -0.39 is 0 Å². The van der Waals surface area contributed by atoms with Gasteiger partial charge in [0.25, 0.3) is 0 Å². The minimum absolute atomic E-state index is 0.391. The lowest BCUT2D eigenvalue weighted by atomic mass is 10.4.